The van der Waals surface area contributed by atoms with Crippen LogP contribution < -0.4 is 4.74 Å². The minimum atomic E-state index is -0.782. The fraction of sp³-hybridized carbons (Fsp3) is 0.250. The van der Waals surface area contributed by atoms with Crippen LogP contribution in [0.5, 0.6) is 5.75 Å². The Labute approximate surface area is 118 Å². The standard InChI is InChI=1S/C16H17ClO2/c1-3-19-15-9-8-11(2)10-13(15)16(18)12-6-4-5-7-14(12)17/h4-10,16,18H,3H2,1-2H3. The van der Waals surface area contributed by atoms with Gasteiger partial charge in [-0.1, -0.05) is 41.4 Å². The maximum absolute atomic E-state index is 10.5. The molecule has 2 nitrogen and oxygen atoms in total. The molecule has 3 heteroatoms. The van der Waals surface area contributed by atoms with Gasteiger partial charge in [-0.05, 0) is 32.0 Å². The molecule has 100 valence electrons. The van der Waals surface area contributed by atoms with E-state index < -0.39 is 6.10 Å². The summed E-state index contributed by atoms with van der Waals surface area (Å²) in [4.78, 5) is 0. The van der Waals surface area contributed by atoms with Crippen LogP contribution in [0.4, 0.5) is 0 Å². The molecular formula is C16H17ClO2. The Hall–Kier alpha value is -1.51. The van der Waals surface area contributed by atoms with Crippen LogP contribution in [-0.2, 0) is 0 Å². The molecule has 1 N–H and O–H groups in total. The second-order valence-electron chi connectivity index (χ2n) is 4.40. The monoisotopic (exact) mass is 276 g/mol. The quantitative estimate of drug-likeness (QED) is 0.910. The van der Waals surface area contributed by atoms with Crippen LogP contribution in [0.3, 0.4) is 0 Å². The van der Waals surface area contributed by atoms with Crippen molar-refractivity contribution in [3.63, 3.8) is 0 Å². The summed E-state index contributed by atoms with van der Waals surface area (Å²) in [6.45, 7) is 4.47. The molecule has 2 aromatic rings. The van der Waals surface area contributed by atoms with Crippen molar-refractivity contribution >= 4 is 11.6 Å². The smallest absolute Gasteiger partial charge is 0.125 e. The lowest BCUT2D eigenvalue weighted by Crippen LogP contribution is -2.05. The molecule has 2 aromatic carbocycles. The molecular weight excluding hydrogens is 260 g/mol. The summed E-state index contributed by atoms with van der Waals surface area (Å²) in [5, 5.41) is 11.1. The van der Waals surface area contributed by atoms with Crippen LogP contribution in [0.2, 0.25) is 5.02 Å². The number of aliphatic hydroxyl groups excluding tert-OH is 1. The van der Waals surface area contributed by atoms with Crippen LogP contribution in [-0.4, -0.2) is 11.7 Å². The molecule has 1 unspecified atom stereocenters. The zero-order valence-electron chi connectivity index (χ0n) is 11.1. The molecule has 0 aliphatic carbocycles. The summed E-state index contributed by atoms with van der Waals surface area (Å²) in [5.41, 5.74) is 2.51. The first-order chi connectivity index (χ1) is 9.13. The van der Waals surface area contributed by atoms with E-state index in [0.29, 0.717) is 22.9 Å². The molecule has 0 aliphatic heterocycles. The van der Waals surface area contributed by atoms with Crippen LogP contribution >= 0.6 is 11.6 Å². The van der Waals surface area contributed by atoms with E-state index in [4.69, 9.17) is 16.3 Å². The summed E-state index contributed by atoms with van der Waals surface area (Å²) < 4.78 is 5.57. The lowest BCUT2D eigenvalue weighted by Gasteiger charge is -2.17. The SMILES string of the molecule is CCOc1ccc(C)cc1C(O)c1ccccc1Cl. The van der Waals surface area contributed by atoms with E-state index in [1.807, 2.05) is 50.2 Å². The summed E-state index contributed by atoms with van der Waals surface area (Å²) in [5.74, 6) is 0.695. The number of rotatable bonds is 4. The zero-order chi connectivity index (χ0) is 13.8. The van der Waals surface area contributed by atoms with Gasteiger partial charge in [0.05, 0.1) is 6.61 Å². The molecule has 0 fully saturated rings. The highest BCUT2D eigenvalue weighted by Crippen LogP contribution is 2.34. The van der Waals surface area contributed by atoms with E-state index in [-0.39, 0.29) is 0 Å². The maximum atomic E-state index is 10.5. The highest BCUT2D eigenvalue weighted by atomic mass is 35.5. The molecule has 0 aromatic heterocycles. The summed E-state index contributed by atoms with van der Waals surface area (Å²) in [7, 11) is 0. The molecule has 19 heavy (non-hydrogen) atoms. The molecule has 0 amide bonds. The first kappa shape index (κ1) is 13.9. The number of halogens is 1. The summed E-state index contributed by atoms with van der Waals surface area (Å²) in [6.07, 6.45) is -0.782. The van der Waals surface area contributed by atoms with E-state index in [1.165, 1.54) is 0 Å². The molecule has 0 saturated carbocycles. The van der Waals surface area contributed by atoms with Gasteiger partial charge < -0.3 is 9.84 Å². The van der Waals surface area contributed by atoms with E-state index in [1.54, 1.807) is 6.07 Å². The minimum Gasteiger partial charge on any atom is -0.493 e. The van der Waals surface area contributed by atoms with Crippen molar-refractivity contribution in [2.75, 3.05) is 6.61 Å². The number of benzene rings is 2. The van der Waals surface area contributed by atoms with E-state index in [2.05, 4.69) is 0 Å². The third kappa shape index (κ3) is 3.09. The number of aliphatic hydroxyl groups is 1. The molecule has 2 rings (SSSR count). The molecule has 1 atom stereocenters. The third-order valence-electron chi connectivity index (χ3n) is 2.96. The van der Waals surface area contributed by atoms with E-state index >= 15 is 0 Å². The van der Waals surface area contributed by atoms with E-state index in [0.717, 1.165) is 11.1 Å². The largest absolute Gasteiger partial charge is 0.493 e. The second-order valence-corrected chi connectivity index (χ2v) is 4.81. The average molecular weight is 277 g/mol. The summed E-state index contributed by atoms with van der Waals surface area (Å²) in [6, 6.07) is 13.1. The number of ether oxygens (including phenoxy) is 1. The second kappa shape index (κ2) is 6.09. The molecule has 0 heterocycles. The predicted octanol–water partition coefficient (Wildman–Crippen LogP) is 4.13. The van der Waals surface area contributed by atoms with Gasteiger partial charge in [0.1, 0.15) is 11.9 Å². The fourth-order valence-electron chi connectivity index (χ4n) is 2.03. The van der Waals surface area contributed by atoms with Crippen molar-refractivity contribution in [1.82, 2.24) is 0 Å². The Balaban J connectivity index is 2.45. The average Bonchev–Trinajstić information content (AvgIpc) is 2.41. The lowest BCUT2D eigenvalue weighted by molar-refractivity contribution is 0.212. The van der Waals surface area contributed by atoms with Crippen LogP contribution in [0, 0.1) is 6.92 Å². The molecule has 0 aliphatic rings. The van der Waals surface area contributed by atoms with Crippen molar-refractivity contribution in [3.05, 3.63) is 64.2 Å². The number of hydrogen-bond donors (Lipinski definition) is 1. The zero-order valence-corrected chi connectivity index (χ0v) is 11.8. The van der Waals surface area contributed by atoms with Gasteiger partial charge in [-0.2, -0.15) is 0 Å². The topological polar surface area (TPSA) is 29.5 Å². The fourth-order valence-corrected chi connectivity index (χ4v) is 2.27. The highest BCUT2D eigenvalue weighted by Gasteiger charge is 2.18. The first-order valence-corrected chi connectivity index (χ1v) is 6.67. The van der Waals surface area contributed by atoms with Crippen LogP contribution in [0.1, 0.15) is 29.7 Å². The molecule has 0 bridgehead atoms. The van der Waals surface area contributed by atoms with Gasteiger partial charge in [-0.25, -0.2) is 0 Å². The highest BCUT2D eigenvalue weighted by molar-refractivity contribution is 6.31. The van der Waals surface area contributed by atoms with Gasteiger partial charge in [-0.3, -0.25) is 0 Å². The Morgan fingerprint density at radius 2 is 1.89 bits per heavy atom. The van der Waals surface area contributed by atoms with Crippen molar-refractivity contribution in [2.24, 2.45) is 0 Å². The Kier molecular flexibility index (Phi) is 4.46. The van der Waals surface area contributed by atoms with E-state index in [9.17, 15) is 5.11 Å². The summed E-state index contributed by atoms with van der Waals surface area (Å²) >= 11 is 6.14. The van der Waals surface area contributed by atoms with Gasteiger partial charge in [0, 0.05) is 16.1 Å². The lowest BCUT2D eigenvalue weighted by atomic mass is 9.99. The van der Waals surface area contributed by atoms with Crippen molar-refractivity contribution in [2.45, 2.75) is 20.0 Å². The number of hydrogen-bond acceptors (Lipinski definition) is 2. The third-order valence-corrected chi connectivity index (χ3v) is 3.30. The van der Waals surface area contributed by atoms with Crippen molar-refractivity contribution < 1.29 is 9.84 Å². The Morgan fingerprint density at radius 3 is 2.58 bits per heavy atom. The van der Waals surface area contributed by atoms with Gasteiger partial charge in [0.15, 0.2) is 0 Å². The Bertz CT molecular complexity index is 566. The molecule has 0 radical (unpaired) electrons. The normalized spacial score (nSPS) is 12.2. The molecule has 0 spiro atoms. The predicted molar refractivity (Wildman–Crippen MR) is 77.9 cm³/mol. The van der Waals surface area contributed by atoms with Gasteiger partial charge in [0.25, 0.3) is 0 Å². The Morgan fingerprint density at radius 1 is 1.16 bits per heavy atom. The van der Waals surface area contributed by atoms with Crippen LogP contribution in [0.25, 0.3) is 0 Å². The van der Waals surface area contributed by atoms with Crippen molar-refractivity contribution in [1.29, 1.82) is 0 Å². The maximum Gasteiger partial charge on any atom is 0.125 e. The van der Waals surface area contributed by atoms with Gasteiger partial charge in [0.2, 0.25) is 0 Å². The van der Waals surface area contributed by atoms with Crippen molar-refractivity contribution in [3.8, 4) is 5.75 Å². The van der Waals surface area contributed by atoms with Crippen LogP contribution in [0.15, 0.2) is 42.5 Å². The first-order valence-electron chi connectivity index (χ1n) is 6.29. The molecule has 0 saturated heterocycles. The van der Waals surface area contributed by atoms with Gasteiger partial charge >= 0.3 is 0 Å². The number of aryl methyl sites for hydroxylation is 1. The van der Waals surface area contributed by atoms with Gasteiger partial charge in [-0.15, -0.1) is 0 Å². The minimum absolute atomic E-state index is 0.555.